The third kappa shape index (κ3) is 55.7. The summed E-state index contributed by atoms with van der Waals surface area (Å²) in [5, 5.41) is 20.4. The van der Waals surface area contributed by atoms with Crippen LogP contribution in [0.1, 0.15) is 278 Å². The smallest absolute Gasteiger partial charge is 0.463 e. The van der Waals surface area contributed by atoms with Gasteiger partial charge in [0.1, 0.15) is 25.4 Å². The zero-order chi connectivity index (χ0) is 56.8. The van der Waals surface area contributed by atoms with Gasteiger partial charge in [0.2, 0.25) is 0 Å². The zero-order valence-corrected chi connectivity index (χ0v) is 50.4. The minimum absolute atomic E-state index is 0.0980. The van der Waals surface area contributed by atoms with Gasteiger partial charge in [-0.15, -0.1) is 0 Å². The van der Waals surface area contributed by atoms with Crippen molar-refractivity contribution in [3.8, 4) is 0 Å². The number of ether oxygens (including phenoxy) is 3. The molecule has 0 heterocycles. The average Bonchev–Trinajstić information content (AvgIpc) is 3.40. The van der Waals surface area contributed by atoms with Crippen LogP contribution in [0.25, 0.3) is 0 Å². The molecule has 18 heteroatoms. The molecule has 0 aliphatic rings. The lowest BCUT2D eigenvalue weighted by Gasteiger charge is -2.21. The standard InChI is InChI=1S/C59H112O16P2/c1-4-7-10-13-16-19-22-25-26-29-31-33-36-39-42-45-57(62)69-48-54(60)49-71-76(65,66)72-50-55(61)51-73-77(67,68)74-53-56(75-59(64)47-44-41-38-35-32-28-24-21-18-15-12-9-6-3)52-70-58(63)46-43-40-37-34-30-27-23-20-17-14-11-8-5-2/h20-21,23-24,54-56,60-61H,4-19,22,25-53H2,1-3H3,(H,65,66)(H,67,68)/b23-20-,24-21-. The summed E-state index contributed by atoms with van der Waals surface area (Å²) in [6.45, 7) is 2.64. The van der Waals surface area contributed by atoms with E-state index in [1.54, 1.807) is 0 Å². The maximum Gasteiger partial charge on any atom is 0.472 e. The molecule has 0 aliphatic heterocycles. The van der Waals surface area contributed by atoms with Gasteiger partial charge in [-0.1, -0.05) is 212 Å². The van der Waals surface area contributed by atoms with Crippen molar-refractivity contribution in [3.63, 3.8) is 0 Å². The number of hydrogen-bond donors (Lipinski definition) is 4. The molecule has 0 aromatic rings. The summed E-state index contributed by atoms with van der Waals surface area (Å²) in [7, 11) is -9.74. The largest absolute Gasteiger partial charge is 0.472 e. The van der Waals surface area contributed by atoms with Crippen molar-refractivity contribution in [1.29, 1.82) is 0 Å². The van der Waals surface area contributed by atoms with E-state index in [0.717, 1.165) is 96.3 Å². The van der Waals surface area contributed by atoms with Crippen molar-refractivity contribution in [2.75, 3.05) is 39.6 Å². The number of phosphoric acid groups is 2. The second-order valence-electron chi connectivity index (χ2n) is 20.9. The SMILES string of the molecule is CCCCCC/C=C\CCCCCCCC(=O)OCC(COP(=O)(O)OCC(O)COP(=O)(O)OCC(O)COC(=O)CCCCCCCCCCCCCCCCC)OC(=O)CCCCCCC/C=C\CCCCCC. The van der Waals surface area contributed by atoms with Crippen LogP contribution in [0.15, 0.2) is 24.3 Å². The van der Waals surface area contributed by atoms with Crippen LogP contribution in [-0.2, 0) is 55.8 Å². The van der Waals surface area contributed by atoms with E-state index >= 15 is 0 Å². The van der Waals surface area contributed by atoms with E-state index in [9.17, 15) is 43.5 Å². The van der Waals surface area contributed by atoms with Gasteiger partial charge in [-0.05, 0) is 70.6 Å². The molecule has 5 unspecified atom stereocenters. The van der Waals surface area contributed by atoms with Crippen molar-refractivity contribution < 1.29 is 75.8 Å². The summed E-state index contributed by atoms with van der Waals surface area (Å²) < 4.78 is 60.6. The minimum atomic E-state index is -4.91. The third-order valence-corrected chi connectivity index (χ3v) is 15.1. The minimum Gasteiger partial charge on any atom is -0.463 e. The highest BCUT2D eigenvalue weighted by atomic mass is 31.2. The summed E-state index contributed by atoms with van der Waals surface area (Å²) in [5.74, 6) is -1.58. The first-order chi connectivity index (χ1) is 37.2. The van der Waals surface area contributed by atoms with Gasteiger partial charge >= 0.3 is 33.6 Å². The van der Waals surface area contributed by atoms with E-state index in [2.05, 4.69) is 45.1 Å². The molecule has 0 saturated heterocycles. The predicted molar refractivity (Wildman–Crippen MR) is 307 cm³/mol. The highest BCUT2D eigenvalue weighted by Crippen LogP contribution is 2.45. The van der Waals surface area contributed by atoms with Gasteiger partial charge in [0.15, 0.2) is 6.10 Å². The number of carbonyl (C=O) groups excluding carboxylic acids is 3. The van der Waals surface area contributed by atoms with Crippen molar-refractivity contribution in [2.24, 2.45) is 0 Å². The fourth-order valence-electron chi connectivity index (χ4n) is 8.38. The molecule has 0 amide bonds. The van der Waals surface area contributed by atoms with Crippen LogP contribution in [0.3, 0.4) is 0 Å². The van der Waals surface area contributed by atoms with Crippen molar-refractivity contribution in [2.45, 2.75) is 296 Å². The molecule has 0 bridgehead atoms. The van der Waals surface area contributed by atoms with Crippen molar-refractivity contribution in [3.05, 3.63) is 24.3 Å². The number of phosphoric ester groups is 2. The molecule has 4 N–H and O–H groups in total. The first-order valence-electron chi connectivity index (χ1n) is 30.6. The van der Waals surface area contributed by atoms with Gasteiger partial charge in [0, 0.05) is 19.3 Å². The Kier molecular flexibility index (Phi) is 53.2. The first kappa shape index (κ1) is 75.0. The fraction of sp³-hybridized carbons (Fsp3) is 0.881. The number of hydrogen-bond acceptors (Lipinski definition) is 14. The fourth-order valence-corrected chi connectivity index (χ4v) is 9.97. The van der Waals surface area contributed by atoms with Crippen LogP contribution < -0.4 is 0 Å². The highest BCUT2D eigenvalue weighted by Gasteiger charge is 2.29. The van der Waals surface area contributed by atoms with Crippen LogP contribution in [-0.4, -0.2) is 95.9 Å². The van der Waals surface area contributed by atoms with Crippen molar-refractivity contribution in [1.82, 2.24) is 0 Å². The number of rotatable bonds is 59. The number of allylic oxidation sites excluding steroid dienone is 4. The molecule has 0 aliphatic carbocycles. The van der Waals surface area contributed by atoms with E-state index < -0.39 is 91.5 Å². The molecule has 0 rings (SSSR count). The monoisotopic (exact) mass is 1140 g/mol. The van der Waals surface area contributed by atoms with E-state index in [4.69, 9.17) is 32.3 Å². The zero-order valence-electron chi connectivity index (χ0n) is 48.7. The van der Waals surface area contributed by atoms with Gasteiger partial charge < -0.3 is 34.2 Å². The van der Waals surface area contributed by atoms with Gasteiger partial charge in [0.25, 0.3) is 0 Å². The quantitative estimate of drug-likeness (QED) is 0.0146. The normalized spacial score (nSPS) is 14.6. The van der Waals surface area contributed by atoms with Crippen LogP contribution in [0.2, 0.25) is 0 Å². The topological polar surface area (TPSA) is 231 Å². The Balaban J connectivity index is 4.66. The summed E-state index contributed by atoms with van der Waals surface area (Å²) in [4.78, 5) is 58.0. The Morgan fingerprint density at radius 2 is 0.610 bits per heavy atom. The van der Waals surface area contributed by atoms with Crippen LogP contribution >= 0.6 is 15.6 Å². The molecule has 16 nitrogen and oxygen atoms in total. The number of esters is 3. The second-order valence-corrected chi connectivity index (χ2v) is 23.8. The van der Waals surface area contributed by atoms with Gasteiger partial charge in [-0.3, -0.25) is 32.5 Å². The molecule has 0 aromatic carbocycles. The molecule has 0 aromatic heterocycles. The molecule has 454 valence electrons. The molecule has 0 radical (unpaired) electrons. The Hall–Kier alpha value is -1.97. The second kappa shape index (κ2) is 54.6. The number of aliphatic hydroxyl groups excluding tert-OH is 2. The third-order valence-electron chi connectivity index (χ3n) is 13.1. The molecular formula is C59H112O16P2. The Bertz CT molecular complexity index is 1530. The van der Waals surface area contributed by atoms with Gasteiger partial charge in [-0.25, -0.2) is 9.13 Å². The van der Waals surface area contributed by atoms with Crippen LogP contribution in [0.5, 0.6) is 0 Å². The Morgan fingerprint density at radius 1 is 0.351 bits per heavy atom. The average molecular weight is 1140 g/mol. The lowest BCUT2D eigenvalue weighted by atomic mass is 10.0. The first-order valence-corrected chi connectivity index (χ1v) is 33.6. The van der Waals surface area contributed by atoms with E-state index in [1.165, 1.54) is 122 Å². The maximum atomic E-state index is 12.8. The summed E-state index contributed by atoms with van der Waals surface area (Å²) in [6, 6.07) is 0. The molecule has 77 heavy (non-hydrogen) atoms. The molecule has 0 spiro atoms. The molecule has 0 fully saturated rings. The lowest BCUT2D eigenvalue weighted by Crippen LogP contribution is -2.30. The van der Waals surface area contributed by atoms with E-state index in [-0.39, 0.29) is 19.3 Å². The number of unbranched alkanes of at least 4 members (excludes halogenated alkanes) is 32. The molecule has 0 saturated carbocycles. The van der Waals surface area contributed by atoms with E-state index in [0.29, 0.717) is 19.3 Å². The molecule has 5 atom stereocenters. The predicted octanol–water partition coefficient (Wildman–Crippen LogP) is 15.7. The van der Waals surface area contributed by atoms with Crippen LogP contribution in [0, 0.1) is 0 Å². The summed E-state index contributed by atoms with van der Waals surface area (Å²) >= 11 is 0. The Morgan fingerprint density at radius 3 is 0.961 bits per heavy atom. The summed E-state index contributed by atoms with van der Waals surface area (Å²) in [5.41, 5.74) is 0. The number of aliphatic hydroxyl groups is 2. The van der Waals surface area contributed by atoms with E-state index in [1.807, 2.05) is 0 Å². The highest BCUT2D eigenvalue weighted by molar-refractivity contribution is 7.47. The lowest BCUT2D eigenvalue weighted by molar-refractivity contribution is -0.161. The number of carbonyl (C=O) groups is 3. The maximum absolute atomic E-state index is 12.8. The van der Waals surface area contributed by atoms with Crippen molar-refractivity contribution >= 4 is 33.6 Å². The molecular weight excluding hydrogens is 1030 g/mol. The van der Waals surface area contributed by atoms with Crippen LogP contribution in [0.4, 0.5) is 0 Å². The summed E-state index contributed by atoms with van der Waals surface area (Å²) in [6.07, 6.45) is 46.7. The van der Waals surface area contributed by atoms with Gasteiger partial charge in [0.05, 0.1) is 26.4 Å². The van der Waals surface area contributed by atoms with Gasteiger partial charge in [-0.2, -0.15) is 0 Å². The Labute approximate surface area is 467 Å².